The van der Waals surface area contributed by atoms with E-state index in [0.29, 0.717) is 16.7 Å². The van der Waals surface area contributed by atoms with Crippen LogP contribution in [-0.2, 0) is 0 Å². The van der Waals surface area contributed by atoms with Crippen molar-refractivity contribution < 1.29 is 4.74 Å². The minimum Gasteiger partial charge on any atom is -0.492 e. The standard InChI is InChI=1S/C12H16Cl2N2O.2ClH/c13-10-7-11(14)9-12(8-10)17-6-5-16-3-1-15-2-4-16;;/h7-9,15H,1-6H2;2*1H. The summed E-state index contributed by atoms with van der Waals surface area (Å²) < 4.78 is 5.64. The van der Waals surface area contributed by atoms with Gasteiger partial charge in [0.1, 0.15) is 12.4 Å². The molecule has 1 fully saturated rings. The third-order valence-electron chi connectivity index (χ3n) is 2.72. The van der Waals surface area contributed by atoms with E-state index in [1.807, 2.05) is 0 Å². The average Bonchev–Trinajstić information content (AvgIpc) is 2.29. The Hall–Kier alpha value is 0.1000. The predicted molar refractivity (Wildman–Crippen MR) is 85.8 cm³/mol. The number of halogens is 4. The highest BCUT2D eigenvalue weighted by molar-refractivity contribution is 6.34. The van der Waals surface area contributed by atoms with Crippen molar-refractivity contribution in [2.45, 2.75) is 0 Å². The van der Waals surface area contributed by atoms with Crippen molar-refractivity contribution in [3.8, 4) is 5.75 Å². The number of benzene rings is 1. The fourth-order valence-electron chi connectivity index (χ4n) is 1.84. The summed E-state index contributed by atoms with van der Waals surface area (Å²) in [6.07, 6.45) is 0. The number of hydrogen-bond acceptors (Lipinski definition) is 3. The first-order chi connectivity index (χ1) is 8.24. The molecule has 7 heteroatoms. The lowest BCUT2D eigenvalue weighted by Gasteiger charge is -2.26. The molecule has 1 aliphatic heterocycles. The van der Waals surface area contributed by atoms with E-state index in [9.17, 15) is 0 Å². The van der Waals surface area contributed by atoms with E-state index in [4.69, 9.17) is 27.9 Å². The van der Waals surface area contributed by atoms with Crippen molar-refractivity contribution in [2.75, 3.05) is 39.3 Å². The lowest BCUT2D eigenvalue weighted by Crippen LogP contribution is -2.44. The molecule has 19 heavy (non-hydrogen) atoms. The highest BCUT2D eigenvalue weighted by atomic mass is 35.5. The van der Waals surface area contributed by atoms with Gasteiger partial charge in [0.05, 0.1) is 0 Å². The predicted octanol–water partition coefficient (Wildman–Crippen LogP) is 3.12. The van der Waals surface area contributed by atoms with Crippen LogP contribution >= 0.6 is 48.0 Å². The van der Waals surface area contributed by atoms with Crippen LogP contribution in [0.2, 0.25) is 10.0 Å². The van der Waals surface area contributed by atoms with Crippen molar-refractivity contribution in [2.24, 2.45) is 0 Å². The first kappa shape index (κ1) is 19.1. The normalized spacial score (nSPS) is 15.3. The Morgan fingerprint density at radius 3 is 2.21 bits per heavy atom. The molecule has 1 aromatic carbocycles. The maximum absolute atomic E-state index is 5.89. The van der Waals surface area contributed by atoms with Gasteiger partial charge in [-0.25, -0.2) is 0 Å². The maximum atomic E-state index is 5.89. The Kier molecular flexibility index (Phi) is 9.97. The van der Waals surface area contributed by atoms with Crippen LogP contribution in [0.4, 0.5) is 0 Å². The Morgan fingerprint density at radius 1 is 1.05 bits per heavy atom. The number of nitrogens with zero attached hydrogens (tertiary/aromatic N) is 1. The Labute approximate surface area is 136 Å². The van der Waals surface area contributed by atoms with E-state index in [2.05, 4.69) is 10.2 Å². The second-order valence-corrected chi connectivity index (χ2v) is 4.92. The lowest BCUT2D eigenvalue weighted by atomic mass is 10.3. The second-order valence-electron chi connectivity index (χ2n) is 4.05. The van der Waals surface area contributed by atoms with Crippen LogP contribution in [0.15, 0.2) is 18.2 Å². The van der Waals surface area contributed by atoms with Crippen LogP contribution in [-0.4, -0.2) is 44.2 Å². The van der Waals surface area contributed by atoms with Gasteiger partial charge in [-0.3, -0.25) is 4.90 Å². The molecular weight excluding hydrogens is 330 g/mol. The molecule has 110 valence electrons. The highest BCUT2D eigenvalue weighted by Crippen LogP contribution is 2.24. The summed E-state index contributed by atoms with van der Waals surface area (Å²) in [5, 5.41) is 4.53. The van der Waals surface area contributed by atoms with Crippen LogP contribution in [0.5, 0.6) is 5.75 Å². The third-order valence-corrected chi connectivity index (χ3v) is 3.16. The SMILES string of the molecule is Cl.Cl.Clc1cc(Cl)cc(OCCN2CCNCC2)c1. The van der Waals surface area contributed by atoms with Crippen LogP contribution in [0, 0.1) is 0 Å². The molecule has 1 N–H and O–H groups in total. The van der Waals surface area contributed by atoms with Gasteiger partial charge in [-0.2, -0.15) is 0 Å². The number of hydrogen-bond donors (Lipinski definition) is 1. The topological polar surface area (TPSA) is 24.5 Å². The van der Waals surface area contributed by atoms with Crippen LogP contribution in [0.1, 0.15) is 0 Å². The van der Waals surface area contributed by atoms with Crippen molar-refractivity contribution in [1.82, 2.24) is 10.2 Å². The van der Waals surface area contributed by atoms with Crippen LogP contribution in [0.3, 0.4) is 0 Å². The summed E-state index contributed by atoms with van der Waals surface area (Å²) in [7, 11) is 0. The maximum Gasteiger partial charge on any atom is 0.122 e. The molecule has 0 amide bonds. The van der Waals surface area contributed by atoms with E-state index in [0.717, 1.165) is 38.5 Å². The second kappa shape index (κ2) is 9.92. The quantitative estimate of drug-likeness (QED) is 0.905. The van der Waals surface area contributed by atoms with Gasteiger partial charge in [-0.1, -0.05) is 23.2 Å². The van der Waals surface area contributed by atoms with Gasteiger partial charge in [0.25, 0.3) is 0 Å². The molecule has 2 rings (SSSR count). The van der Waals surface area contributed by atoms with E-state index in [1.165, 1.54) is 0 Å². The summed E-state index contributed by atoms with van der Waals surface area (Å²) in [5.41, 5.74) is 0. The van der Waals surface area contributed by atoms with Crippen molar-refractivity contribution in [3.63, 3.8) is 0 Å². The van der Waals surface area contributed by atoms with E-state index < -0.39 is 0 Å². The molecule has 1 saturated heterocycles. The van der Waals surface area contributed by atoms with Gasteiger partial charge >= 0.3 is 0 Å². The fourth-order valence-corrected chi connectivity index (χ4v) is 2.35. The number of rotatable bonds is 4. The molecule has 0 saturated carbocycles. The molecule has 1 heterocycles. The van der Waals surface area contributed by atoms with E-state index in [-0.39, 0.29) is 24.8 Å². The number of nitrogens with one attached hydrogen (secondary N) is 1. The molecule has 3 nitrogen and oxygen atoms in total. The number of ether oxygens (including phenoxy) is 1. The molecule has 1 aromatic rings. The smallest absolute Gasteiger partial charge is 0.122 e. The Balaban J connectivity index is 0.00000162. The molecule has 0 atom stereocenters. The molecule has 0 bridgehead atoms. The van der Waals surface area contributed by atoms with Crippen LogP contribution < -0.4 is 10.1 Å². The summed E-state index contributed by atoms with van der Waals surface area (Å²) in [5.74, 6) is 0.734. The van der Waals surface area contributed by atoms with Crippen molar-refractivity contribution in [3.05, 3.63) is 28.2 Å². The minimum atomic E-state index is 0. The van der Waals surface area contributed by atoms with Gasteiger partial charge < -0.3 is 10.1 Å². The zero-order valence-electron chi connectivity index (χ0n) is 10.4. The van der Waals surface area contributed by atoms with E-state index >= 15 is 0 Å². The molecular formula is C12H18Cl4N2O. The molecule has 0 radical (unpaired) electrons. The van der Waals surface area contributed by atoms with Crippen molar-refractivity contribution in [1.29, 1.82) is 0 Å². The zero-order chi connectivity index (χ0) is 12.1. The molecule has 0 aliphatic carbocycles. The fraction of sp³-hybridized carbons (Fsp3) is 0.500. The van der Waals surface area contributed by atoms with Gasteiger partial charge in [-0.05, 0) is 18.2 Å². The Morgan fingerprint density at radius 2 is 1.63 bits per heavy atom. The van der Waals surface area contributed by atoms with E-state index in [1.54, 1.807) is 18.2 Å². The number of piperazine rings is 1. The van der Waals surface area contributed by atoms with Gasteiger partial charge in [0.2, 0.25) is 0 Å². The molecule has 0 aromatic heterocycles. The Bertz CT molecular complexity index is 352. The minimum absolute atomic E-state index is 0. The first-order valence-electron chi connectivity index (χ1n) is 5.76. The average molecular weight is 348 g/mol. The van der Waals surface area contributed by atoms with Crippen molar-refractivity contribution >= 4 is 48.0 Å². The van der Waals surface area contributed by atoms with Gasteiger partial charge in [0, 0.05) is 42.8 Å². The van der Waals surface area contributed by atoms with Crippen LogP contribution in [0.25, 0.3) is 0 Å². The molecule has 0 spiro atoms. The monoisotopic (exact) mass is 346 g/mol. The third kappa shape index (κ3) is 6.89. The first-order valence-corrected chi connectivity index (χ1v) is 6.51. The molecule has 0 unspecified atom stereocenters. The summed E-state index contributed by atoms with van der Waals surface area (Å²) >= 11 is 11.8. The largest absolute Gasteiger partial charge is 0.492 e. The summed E-state index contributed by atoms with van der Waals surface area (Å²) in [6.45, 7) is 5.88. The summed E-state index contributed by atoms with van der Waals surface area (Å²) in [4.78, 5) is 2.38. The van der Waals surface area contributed by atoms with Gasteiger partial charge in [0.15, 0.2) is 0 Å². The molecule has 1 aliphatic rings. The van der Waals surface area contributed by atoms with Gasteiger partial charge in [-0.15, -0.1) is 24.8 Å². The summed E-state index contributed by atoms with van der Waals surface area (Å²) in [6, 6.07) is 5.27. The lowest BCUT2D eigenvalue weighted by molar-refractivity contribution is 0.191. The zero-order valence-corrected chi connectivity index (χ0v) is 13.5. The highest BCUT2D eigenvalue weighted by Gasteiger charge is 2.09.